The van der Waals surface area contributed by atoms with Gasteiger partial charge in [0.1, 0.15) is 0 Å². The molecule has 0 aliphatic carbocycles. The lowest BCUT2D eigenvalue weighted by molar-refractivity contribution is 0.676. The van der Waals surface area contributed by atoms with Gasteiger partial charge >= 0.3 is 0 Å². The summed E-state index contributed by atoms with van der Waals surface area (Å²) in [5.41, 5.74) is 2.70. The first kappa shape index (κ1) is 12.8. The Labute approximate surface area is 115 Å². The number of hydrogen-bond donors (Lipinski definition) is 1. The standard InChI is InChI=1S/C14H16BrNS/c1-2-8-16-10-11-5-3-4-6-12(11)14-13(15)7-9-17-14/h3-7,9,16H,2,8,10H2,1H3. The summed E-state index contributed by atoms with van der Waals surface area (Å²) >= 11 is 5.39. The van der Waals surface area contributed by atoms with Gasteiger partial charge in [-0.3, -0.25) is 0 Å². The Hall–Kier alpha value is -0.640. The molecule has 3 heteroatoms. The van der Waals surface area contributed by atoms with Gasteiger partial charge in [-0.15, -0.1) is 11.3 Å². The molecule has 0 saturated carbocycles. The van der Waals surface area contributed by atoms with Crippen molar-refractivity contribution in [2.24, 2.45) is 0 Å². The van der Waals surface area contributed by atoms with Crippen molar-refractivity contribution in [3.05, 3.63) is 45.7 Å². The zero-order chi connectivity index (χ0) is 12.1. The summed E-state index contributed by atoms with van der Waals surface area (Å²) < 4.78 is 1.19. The summed E-state index contributed by atoms with van der Waals surface area (Å²) in [6.07, 6.45) is 1.17. The lowest BCUT2D eigenvalue weighted by Gasteiger charge is -2.09. The first-order valence-electron chi connectivity index (χ1n) is 5.85. The van der Waals surface area contributed by atoms with E-state index in [0.717, 1.165) is 13.1 Å². The van der Waals surface area contributed by atoms with Crippen LogP contribution in [-0.2, 0) is 6.54 Å². The molecule has 0 fully saturated rings. The molecule has 0 amide bonds. The van der Waals surface area contributed by atoms with E-state index in [1.54, 1.807) is 11.3 Å². The summed E-state index contributed by atoms with van der Waals surface area (Å²) in [6, 6.07) is 10.7. The van der Waals surface area contributed by atoms with Gasteiger partial charge in [0.15, 0.2) is 0 Å². The van der Waals surface area contributed by atoms with Gasteiger partial charge < -0.3 is 5.32 Å². The highest BCUT2D eigenvalue weighted by molar-refractivity contribution is 9.10. The average Bonchev–Trinajstić information content (AvgIpc) is 2.76. The number of hydrogen-bond acceptors (Lipinski definition) is 2. The van der Waals surface area contributed by atoms with E-state index < -0.39 is 0 Å². The van der Waals surface area contributed by atoms with Gasteiger partial charge in [-0.2, -0.15) is 0 Å². The number of nitrogens with one attached hydrogen (secondary N) is 1. The second kappa shape index (κ2) is 6.34. The summed E-state index contributed by atoms with van der Waals surface area (Å²) in [5, 5.41) is 5.58. The molecular formula is C14H16BrNS. The predicted molar refractivity (Wildman–Crippen MR) is 79.5 cm³/mol. The van der Waals surface area contributed by atoms with Crippen LogP contribution < -0.4 is 5.32 Å². The molecule has 2 aromatic rings. The normalized spacial score (nSPS) is 10.7. The molecule has 1 N–H and O–H groups in total. The number of halogens is 1. The van der Waals surface area contributed by atoms with Crippen LogP contribution in [0, 0.1) is 0 Å². The molecule has 17 heavy (non-hydrogen) atoms. The van der Waals surface area contributed by atoms with Crippen LogP contribution >= 0.6 is 27.3 Å². The first-order chi connectivity index (χ1) is 8.33. The third kappa shape index (κ3) is 3.18. The van der Waals surface area contributed by atoms with E-state index in [2.05, 4.69) is 63.9 Å². The Morgan fingerprint density at radius 3 is 2.76 bits per heavy atom. The molecule has 1 heterocycles. The molecule has 0 bridgehead atoms. The van der Waals surface area contributed by atoms with Gasteiger partial charge in [-0.1, -0.05) is 31.2 Å². The van der Waals surface area contributed by atoms with Gasteiger partial charge in [-0.25, -0.2) is 0 Å². The van der Waals surface area contributed by atoms with Crippen molar-refractivity contribution in [2.45, 2.75) is 19.9 Å². The SMILES string of the molecule is CCCNCc1ccccc1-c1sccc1Br. The minimum absolute atomic E-state index is 0.939. The summed E-state index contributed by atoms with van der Waals surface area (Å²) in [6.45, 7) is 4.20. The van der Waals surface area contributed by atoms with Crippen molar-refractivity contribution in [1.82, 2.24) is 5.32 Å². The lowest BCUT2D eigenvalue weighted by atomic mass is 10.1. The monoisotopic (exact) mass is 309 g/mol. The summed E-state index contributed by atoms with van der Waals surface area (Å²) in [4.78, 5) is 1.32. The van der Waals surface area contributed by atoms with Gasteiger partial charge in [0.2, 0.25) is 0 Å². The minimum atomic E-state index is 0.939. The van der Waals surface area contributed by atoms with Crippen molar-refractivity contribution in [1.29, 1.82) is 0 Å². The molecular weight excluding hydrogens is 294 g/mol. The number of rotatable bonds is 5. The largest absolute Gasteiger partial charge is 0.313 e. The Morgan fingerprint density at radius 2 is 2.06 bits per heavy atom. The fourth-order valence-electron chi connectivity index (χ4n) is 1.78. The molecule has 0 atom stereocenters. The van der Waals surface area contributed by atoms with E-state index >= 15 is 0 Å². The molecule has 1 aromatic carbocycles. The van der Waals surface area contributed by atoms with Crippen molar-refractivity contribution in [3.8, 4) is 10.4 Å². The molecule has 0 aliphatic rings. The minimum Gasteiger partial charge on any atom is -0.313 e. The number of benzene rings is 1. The first-order valence-corrected chi connectivity index (χ1v) is 7.52. The van der Waals surface area contributed by atoms with Gasteiger partial charge in [0.25, 0.3) is 0 Å². The van der Waals surface area contributed by atoms with Crippen LogP contribution in [0.3, 0.4) is 0 Å². The van der Waals surface area contributed by atoms with Crippen LogP contribution in [0.5, 0.6) is 0 Å². The van der Waals surface area contributed by atoms with Crippen LogP contribution in [0.2, 0.25) is 0 Å². The third-order valence-corrected chi connectivity index (χ3v) is 4.49. The summed E-state index contributed by atoms with van der Waals surface area (Å²) in [5.74, 6) is 0. The highest BCUT2D eigenvalue weighted by Gasteiger charge is 2.08. The smallest absolute Gasteiger partial charge is 0.0488 e. The number of thiophene rings is 1. The highest BCUT2D eigenvalue weighted by atomic mass is 79.9. The zero-order valence-electron chi connectivity index (χ0n) is 9.87. The molecule has 2 rings (SSSR count). The van der Waals surface area contributed by atoms with E-state index in [-0.39, 0.29) is 0 Å². The zero-order valence-corrected chi connectivity index (χ0v) is 12.3. The maximum atomic E-state index is 3.61. The van der Waals surface area contributed by atoms with E-state index in [9.17, 15) is 0 Å². The maximum absolute atomic E-state index is 3.61. The van der Waals surface area contributed by atoms with E-state index in [0.29, 0.717) is 0 Å². The third-order valence-electron chi connectivity index (χ3n) is 2.62. The molecule has 0 radical (unpaired) electrons. The molecule has 1 aromatic heterocycles. The van der Waals surface area contributed by atoms with Gasteiger partial charge in [-0.05, 0) is 51.5 Å². The van der Waals surface area contributed by atoms with Gasteiger partial charge in [0.05, 0.1) is 0 Å². The molecule has 0 aliphatic heterocycles. The highest BCUT2D eigenvalue weighted by Crippen LogP contribution is 2.35. The fourth-order valence-corrected chi connectivity index (χ4v) is 3.43. The summed E-state index contributed by atoms with van der Waals surface area (Å²) in [7, 11) is 0. The maximum Gasteiger partial charge on any atom is 0.0488 e. The Bertz CT molecular complexity index is 479. The molecule has 1 nitrogen and oxygen atoms in total. The second-order valence-corrected chi connectivity index (χ2v) is 5.70. The van der Waals surface area contributed by atoms with Crippen molar-refractivity contribution in [3.63, 3.8) is 0 Å². The van der Waals surface area contributed by atoms with Crippen LogP contribution in [0.15, 0.2) is 40.2 Å². The van der Waals surface area contributed by atoms with Crippen LogP contribution in [0.1, 0.15) is 18.9 Å². The quantitative estimate of drug-likeness (QED) is 0.791. The lowest BCUT2D eigenvalue weighted by Crippen LogP contribution is -2.14. The Morgan fingerprint density at radius 1 is 1.24 bits per heavy atom. The van der Waals surface area contributed by atoms with E-state index in [1.807, 2.05) is 0 Å². The Kier molecular flexibility index (Phi) is 4.77. The predicted octanol–water partition coefficient (Wildman–Crippen LogP) is 4.68. The topological polar surface area (TPSA) is 12.0 Å². The van der Waals surface area contributed by atoms with Crippen molar-refractivity contribution < 1.29 is 0 Å². The van der Waals surface area contributed by atoms with Crippen LogP contribution in [-0.4, -0.2) is 6.54 Å². The van der Waals surface area contributed by atoms with Crippen molar-refractivity contribution >= 4 is 27.3 Å². The average molecular weight is 310 g/mol. The van der Waals surface area contributed by atoms with Gasteiger partial charge in [0, 0.05) is 15.9 Å². The Balaban J connectivity index is 2.25. The molecule has 90 valence electrons. The van der Waals surface area contributed by atoms with E-state index in [4.69, 9.17) is 0 Å². The van der Waals surface area contributed by atoms with Crippen LogP contribution in [0.25, 0.3) is 10.4 Å². The fraction of sp³-hybridized carbons (Fsp3) is 0.286. The molecule has 0 unspecified atom stereocenters. The molecule has 0 spiro atoms. The van der Waals surface area contributed by atoms with Crippen molar-refractivity contribution in [2.75, 3.05) is 6.54 Å². The van der Waals surface area contributed by atoms with E-state index in [1.165, 1.54) is 26.9 Å². The second-order valence-electron chi connectivity index (χ2n) is 3.93. The molecule has 0 saturated heterocycles. The van der Waals surface area contributed by atoms with Crippen LogP contribution in [0.4, 0.5) is 0 Å².